The van der Waals surface area contributed by atoms with E-state index in [0.29, 0.717) is 17.7 Å². The van der Waals surface area contributed by atoms with Crippen LogP contribution in [0.1, 0.15) is 26.3 Å². The average molecular weight is 298 g/mol. The van der Waals surface area contributed by atoms with Crippen LogP contribution in [0.15, 0.2) is 48.5 Å². The molecule has 3 rings (SSSR count). The van der Waals surface area contributed by atoms with Gasteiger partial charge in [0, 0.05) is 6.54 Å². The molecule has 0 saturated heterocycles. The molecule has 2 aromatic rings. The lowest BCUT2D eigenvalue weighted by Crippen LogP contribution is -2.39. The van der Waals surface area contributed by atoms with Crippen LogP contribution >= 0.6 is 0 Å². The van der Waals surface area contributed by atoms with Gasteiger partial charge in [-0.15, -0.1) is 0 Å². The summed E-state index contributed by atoms with van der Waals surface area (Å²) in [6, 6.07) is 13.1. The van der Waals surface area contributed by atoms with E-state index in [4.69, 9.17) is 0 Å². The summed E-state index contributed by atoms with van der Waals surface area (Å²) in [5, 5.41) is 0. The summed E-state index contributed by atoms with van der Waals surface area (Å²) in [6.07, 6.45) is 0. The third-order valence-electron chi connectivity index (χ3n) is 3.60. The number of nitrogens with zero attached hydrogens (tertiary/aromatic N) is 2. The van der Waals surface area contributed by atoms with Crippen LogP contribution in [0.5, 0.6) is 0 Å². The lowest BCUT2D eigenvalue weighted by Gasteiger charge is -2.22. The Morgan fingerprint density at radius 2 is 1.64 bits per heavy atom. The molecular weight excluding hydrogens is 283 g/mol. The Morgan fingerprint density at radius 3 is 2.23 bits per heavy atom. The minimum atomic E-state index is -0.299. The summed E-state index contributed by atoms with van der Waals surface area (Å²) in [6.45, 7) is 0.619. The number of benzene rings is 2. The quantitative estimate of drug-likeness (QED) is 0.814. The molecular formula is C17H15FN2O2. The molecule has 2 aromatic carbocycles. The Labute approximate surface area is 127 Å². The van der Waals surface area contributed by atoms with Crippen molar-refractivity contribution < 1.29 is 14.0 Å². The SMILES string of the molecule is CN(Cc1cccc(F)c1)CN1C(=O)c2ccccc2C1=O. The van der Waals surface area contributed by atoms with Crippen molar-refractivity contribution in [2.75, 3.05) is 13.7 Å². The van der Waals surface area contributed by atoms with Gasteiger partial charge in [0.25, 0.3) is 11.8 Å². The molecule has 2 amide bonds. The van der Waals surface area contributed by atoms with Crippen molar-refractivity contribution in [1.82, 2.24) is 9.80 Å². The van der Waals surface area contributed by atoms with E-state index < -0.39 is 0 Å². The maximum absolute atomic E-state index is 13.2. The number of halogens is 1. The fourth-order valence-electron chi connectivity index (χ4n) is 2.61. The molecule has 1 heterocycles. The Bertz CT molecular complexity index is 710. The van der Waals surface area contributed by atoms with Gasteiger partial charge in [-0.05, 0) is 36.9 Å². The second-order valence-corrected chi connectivity index (χ2v) is 5.37. The molecule has 22 heavy (non-hydrogen) atoms. The monoisotopic (exact) mass is 298 g/mol. The van der Waals surface area contributed by atoms with Crippen molar-refractivity contribution in [2.24, 2.45) is 0 Å². The summed E-state index contributed by atoms with van der Waals surface area (Å²) in [4.78, 5) is 27.5. The first-order valence-electron chi connectivity index (χ1n) is 6.94. The second kappa shape index (κ2) is 5.69. The number of rotatable bonds is 4. The zero-order valence-electron chi connectivity index (χ0n) is 12.1. The van der Waals surface area contributed by atoms with E-state index in [1.807, 2.05) is 6.07 Å². The van der Waals surface area contributed by atoms with E-state index in [9.17, 15) is 14.0 Å². The predicted molar refractivity (Wildman–Crippen MR) is 79.7 cm³/mol. The highest BCUT2D eigenvalue weighted by Gasteiger charge is 2.35. The number of carbonyl (C=O) groups excluding carboxylic acids is 2. The summed E-state index contributed by atoms with van der Waals surface area (Å²) in [7, 11) is 1.79. The Hall–Kier alpha value is -2.53. The molecule has 0 atom stereocenters. The van der Waals surface area contributed by atoms with Gasteiger partial charge in [-0.2, -0.15) is 0 Å². The number of imide groups is 1. The van der Waals surface area contributed by atoms with Crippen LogP contribution in [0, 0.1) is 5.82 Å². The third-order valence-corrected chi connectivity index (χ3v) is 3.60. The molecule has 0 aromatic heterocycles. The van der Waals surface area contributed by atoms with E-state index in [-0.39, 0.29) is 24.3 Å². The summed E-state index contributed by atoms with van der Waals surface area (Å²) in [5.74, 6) is -0.870. The Kier molecular flexibility index (Phi) is 3.73. The highest BCUT2D eigenvalue weighted by atomic mass is 19.1. The van der Waals surface area contributed by atoms with Crippen LogP contribution in [-0.4, -0.2) is 35.3 Å². The summed E-state index contributed by atoms with van der Waals surface area (Å²) in [5.41, 5.74) is 1.66. The van der Waals surface area contributed by atoms with E-state index in [1.54, 1.807) is 42.3 Å². The van der Waals surface area contributed by atoms with Gasteiger partial charge in [0.1, 0.15) is 5.82 Å². The first kappa shape index (κ1) is 14.4. The Balaban J connectivity index is 1.72. The molecule has 0 unspecified atom stereocenters. The molecule has 0 radical (unpaired) electrons. The van der Waals surface area contributed by atoms with Crippen LogP contribution in [0.2, 0.25) is 0 Å². The van der Waals surface area contributed by atoms with E-state index >= 15 is 0 Å². The molecule has 1 aliphatic heterocycles. The molecule has 5 heteroatoms. The van der Waals surface area contributed by atoms with E-state index in [2.05, 4.69) is 0 Å². The van der Waals surface area contributed by atoms with Gasteiger partial charge < -0.3 is 0 Å². The van der Waals surface area contributed by atoms with Gasteiger partial charge in [-0.1, -0.05) is 24.3 Å². The molecule has 0 aliphatic carbocycles. The lowest BCUT2D eigenvalue weighted by atomic mass is 10.1. The van der Waals surface area contributed by atoms with Gasteiger partial charge in [-0.25, -0.2) is 4.39 Å². The van der Waals surface area contributed by atoms with Crippen molar-refractivity contribution in [3.63, 3.8) is 0 Å². The lowest BCUT2D eigenvalue weighted by molar-refractivity contribution is 0.0559. The molecule has 112 valence electrons. The normalized spacial score (nSPS) is 13.9. The van der Waals surface area contributed by atoms with Gasteiger partial charge in [0.05, 0.1) is 17.8 Å². The maximum Gasteiger partial charge on any atom is 0.262 e. The zero-order chi connectivity index (χ0) is 15.7. The molecule has 0 bridgehead atoms. The van der Waals surface area contributed by atoms with Gasteiger partial charge >= 0.3 is 0 Å². The molecule has 0 saturated carbocycles. The van der Waals surface area contributed by atoms with Crippen molar-refractivity contribution >= 4 is 11.8 Å². The van der Waals surface area contributed by atoms with E-state index in [0.717, 1.165) is 5.56 Å². The van der Waals surface area contributed by atoms with Gasteiger partial charge in [0.2, 0.25) is 0 Å². The minimum Gasteiger partial charge on any atom is -0.284 e. The van der Waals surface area contributed by atoms with Crippen LogP contribution in [0.25, 0.3) is 0 Å². The summed E-state index contributed by atoms with van der Waals surface area (Å²) < 4.78 is 13.2. The molecule has 0 spiro atoms. The van der Waals surface area contributed by atoms with E-state index in [1.165, 1.54) is 17.0 Å². The summed E-state index contributed by atoms with van der Waals surface area (Å²) >= 11 is 0. The average Bonchev–Trinajstić information content (AvgIpc) is 2.73. The molecule has 1 aliphatic rings. The van der Waals surface area contributed by atoms with Crippen molar-refractivity contribution in [2.45, 2.75) is 6.54 Å². The molecule has 4 nitrogen and oxygen atoms in total. The number of carbonyl (C=O) groups is 2. The number of hydrogen-bond donors (Lipinski definition) is 0. The van der Waals surface area contributed by atoms with Gasteiger partial charge in [0.15, 0.2) is 0 Å². The van der Waals surface area contributed by atoms with Crippen molar-refractivity contribution in [3.05, 3.63) is 71.0 Å². The largest absolute Gasteiger partial charge is 0.284 e. The topological polar surface area (TPSA) is 40.6 Å². The highest BCUT2D eigenvalue weighted by molar-refractivity contribution is 6.21. The van der Waals surface area contributed by atoms with Crippen LogP contribution < -0.4 is 0 Å². The number of fused-ring (bicyclic) bond motifs is 1. The first-order chi connectivity index (χ1) is 10.6. The van der Waals surface area contributed by atoms with Crippen LogP contribution in [0.4, 0.5) is 4.39 Å². The predicted octanol–water partition coefficient (Wildman–Crippen LogP) is 2.51. The van der Waals surface area contributed by atoms with Crippen molar-refractivity contribution in [3.8, 4) is 0 Å². The van der Waals surface area contributed by atoms with Crippen LogP contribution in [0.3, 0.4) is 0 Å². The van der Waals surface area contributed by atoms with Crippen LogP contribution in [-0.2, 0) is 6.54 Å². The highest BCUT2D eigenvalue weighted by Crippen LogP contribution is 2.22. The number of amides is 2. The maximum atomic E-state index is 13.2. The zero-order valence-corrected chi connectivity index (χ0v) is 12.1. The van der Waals surface area contributed by atoms with Gasteiger partial charge in [-0.3, -0.25) is 19.4 Å². The first-order valence-corrected chi connectivity index (χ1v) is 6.94. The fraction of sp³-hybridized carbons (Fsp3) is 0.176. The molecule has 0 fully saturated rings. The molecule has 0 N–H and O–H groups in total. The standard InChI is InChI=1S/C17H15FN2O2/c1-19(10-12-5-4-6-13(18)9-12)11-20-16(21)14-7-2-3-8-15(14)17(20)22/h2-9H,10-11H2,1H3. The van der Waals surface area contributed by atoms with Crippen molar-refractivity contribution in [1.29, 1.82) is 0 Å². The minimum absolute atomic E-state index is 0.170. The smallest absolute Gasteiger partial charge is 0.262 e. The third kappa shape index (κ3) is 2.63. The number of hydrogen-bond acceptors (Lipinski definition) is 3. The Morgan fingerprint density at radius 1 is 1.00 bits per heavy atom. The second-order valence-electron chi connectivity index (χ2n) is 5.37. The fourth-order valence-corrected chi connectivity index (χ4v) is 2.61.